The van der Waals surface area contributed by atoms with Crippen LogP contribution in [-0.4, -0.2) is 8.05 Å². The number of rotatable bonds is 3. The highest BCUT2D eigenvalue weighted by Crippen LogP contribution is 2.48. The van der Waals surface area contributed by atoms with E-state index >= 15 is 0 Å². The molecule has 0 spiro atoms. The molecule has 2 unspecified atom stereocenters. The molecule has 2 aliphatic rings. The molecule has 0 saturated heterocycles. The largest absolute Gasteiger partial charge is 0.567 e. The summed E-state index contributed by atoms with van der Waals surface area (Å²) in [4.78, 5) is 0. The average Bonchev–Trinajstić information content (AvgIpc) is 3.12. The first-order valence-corrected chi connectivity index (χ1v) is 6.74. The molecule has 1 aromatic carbocycles. The van der Waals surface area contributed by atoms with E-state index in [1.165, 1.54) is 42.4 Å². The van der Waals surface area contributed by atoms with E-state index in [-0.39, 0.29) is 0 Å². The van der Waals surface area contributed by atoms with Gasteiger partial charge in [-0.25, -0.2) is 0 Å². The highest BCUT2D eigenvalue weighted by Gasteiger charge is 2.33. The lowest BCUT2D eigenvalue weighted by molar-refractivity contribution is 0.559. The van der Waals surface area contributed by atoms with Crippen molar-refractivity contribution in [3.63, 3.8) is 0 Å². The molecule has 2 atom stereocenters. The Morgan fingerprint density at radius 2 is 2.06 bits per heavy atom. The number of hydrogen-bond donors (Lipinski definition) is 0. The van der Waals surface area contributed by atoms with Gasteiger partial charge in [0.25, 0.3) is 0 Å². The Hall–Kier alpha value is -0.915. The van der Waals surface area contributed by atoms with Crippen LogP contribution < -0.4 is 4.65 Å². The Balaban J connectivity index is 2.07. The summed E-state index contributed by atoms with van der Waals surface area (Å²) < 4.78 is 5.26. The smallest absolute Gasteiger partial charge is 0.374 e. The molecule has 88 valence electrons. The quantitative estimate of drug-likeness (QED) is 0.714. The minimum absolute atomic E-state index is 0.589. The molecule has 1 fully saturated rings. The molecule has 2 aliphatic carbocycles. The molecule has 3 rings (SSSR count). The van der Waals surface area contributed by atoms with E-state index in [1.54, 1.807) is 0 Å². The van der Waals surface area contributed by atoms with Crippen LogP contribution in [0.3, 0.4) is 0 Å². The predicted molar refractivity (Wildman–Crippen MR) is 70.7 cm³/mol. The summed E-state index contributed by atoms with van der Waals surface area (Å²) in [7, 11) is 5.54. The van der Waals surface area contributed by atoms with E-state index in [0.29, 0.717) is 11.8 Å². The second kappa shape index (κ2) is 4.08. The maximum absolute atomic E-state index is 5.54. The Kier molecular flexibility index (Phi) is 2.69. The van der Waals surface area contributed by atoms with Gasteiger partial charge in [-0.15, -0.1) is 0 Å². The number of benzene rings is 1. The molecule has 0 bridgehead atoms. The summed E-state index contributed by atoms with van der Waals surface area (Å²) in [6.07, 6.45) is 5.12. The summed E-state index contributed by atoms with van der Waals surface area (Å²) >= 11 is 0. The molecule has 0 N–H and O–H groups in total. The highest BCUT2D eigenvalue weighted by atomic mass is 16.4. The normalized spacial score (nSPS) is 24.5. The van der Waals surface area contributed by atoms with Gasteiger partial charge in [-0.1, -0.05) is 26.0 Å². The summed E-state index contributed by atoms with van der Waals surface area (Å²) in [6.45, 7) is 4.58. The fraction of sp³-hybridized carbons (Fsp3) is 0.600. The zero-order chi connectivity index (χ0) is 12.0. The number of fused-ring (bicyclic) bond motifs is 1. The van der Waals surface area contributed by atoms with E-state index in [9.17, 15) is 0 Å². The molecular formula is C15H19BO. The molecule has 0 aromatic heterocycles. The van der Waals surface area contributed by atoms with Crippen LogP contribution >= 0.6 is 0 Å². The second-order valence-electron chi connectivity index (χ2n) is 5.74. The van der Waals surface area contributed by atoms with Crippen LogP contribution in [0.1, 0.15) is 61.6 Å². The van der Waals surface area contributed by atoms with Crippen molar-refractivity contribution in [3.8, 4) is 5.75 Å². The van der Waals surface area contributed by atoms with Crippen LogP contribution in [0.25, 0.3) is 0 Å². The standard InChI is InChI=1S/C15H19BO/c1-9-3-4-12-7-8-13(10(2)11-5-6-11)15(17-16)14(9)12/h7-11H,3-6H2,1-2H3. The summed E-state index contributed by atoms with van der Waals surface area (Å²) in [5.41, 5.74) is 4.13. The van der Waals surface area contributed by atoms with E-state index in [2.05, 4.69) is 26.0 Å². The van der Waals surface area contributed by atoms with Crippen LogP contribution in [0.2, 0.25) is 0 Å². The molecule has 2 radical (unpaired) electrons. The molecule has 1 nitrogen and oxygen atoms in total. The molecule has 0 heterocycles. The molecule has 1 aromatic rings. The third-order valence-electron chi connectivity index (χ3n) is 4.59. The Labute approximate surface area is 105 Å². The van der Waals surface area contributed by atoms with Gasteiger partial charge in [-0.2, -0.15) is 0 Å². The summed E-state index contributed by atoms with van der Waals surface area (Å²) in [5, 5.41) is 0. The molecule has 17 heavy (non-hydrogen) atoms. The third kappa shape index (κ3) is 1.78. The van der Waals surface area contributed by atoms with Gasteiger partial charge >= 0.3 is 8.05 Å². The minimum Gasteiger partial charge on any atom is -0.567 e. The van der Waals surface area contributed by atoms with Gasteiger partial charge in [0.1, 0.15) is 5.75 Å². The Bertz CT molecular complexity index is 437. The van der Waals surface area contributed by atoms with Crippen molar-refractivity contribution in [2.45, 2.75) is 51.4 Å². The van der Waals surface area contributed by atoms with E-state index in [0.717, 1.165) is 11.7 Å². The fourth-order valence-electron chi connectivity index (χ4n) is 3.27. The monoisotopic (exact) mass is 226 g/mol. The maximum atomic E-state index is 5.54. The lowest BCUT2D eigenvalue weighted by Crippen LogP contribution is -2.04. The van der Waals surface area contributed by atoms with Gasteiger partial charge in [0.15, 0.2) is 0 Å². The Morgan fingerprint density at radius 3 is 2.71 bits per heavy atom. The van der Waals surface area contributed by atoms with Crippen molar-refractivity contribution in [3.05, 3.63) is 28.8 Å². The predicted octanol–water partition coefficient (Wildman–Crippen LogP) is 3.71. The number of hydrogen-bond acceptors (Lipinski definition) is 1. The van der Waals surface area contributed by atoms with Crippen molar-refractivity contribution < 1.29 is 4.65 Å². The molecule has 1 saturated carbocycles. The van der Waals surface area contributed by atoms with E-state index < -0.39 is 0 Å². The van der Waals surface area contributed by atoms with E-state index in [4.69, 9.17) is 12.7 Å². The minimum atomic E-state index is 0.589. The maximum Gasteiger partial charge on any atom is 0.374 e. The fourth-order valence-corrected chi connectivity index (χ4v) is 3.27. The lowest BCUT2D eigenvalue weighted by Gasteiger charge is -2.20. The first kappa shape index (κ1) is 11.2. The van der Waals surface area contributed by atoms with Crippen molar-refractivity contribution >= 4 is 8.05 Å². The highest BCUT2D eigenvalue weighted by molar-refractivity contribution is 6.00. The van der Waals surface area contributed by atoms with Crippen molar-refractivity contribution in [2.24, 2.45) is 5.92 Å². The summed E-state index contributed by atoms with van der Waals surface area (Å²) in [5.74, 6) is 3.01. The first-order chi connectivity index (χ1) is 8.22. The number of aryl methyl sites for hydroxylation is 1. The van der Waals surface area contributed by atoms with Crippen molar-refractivity contribution in [1.82, 2.24) is 0 Å². The third-order valence-corrected chi connectivity index (χ3v) is 4.59. The zero-order valence-corrected chi connectivity index (χ0v) is 10.7. The SMILES string of the molecule is [B]Oc1c(C(C)C2CC2)ccc2c1C(C)CC2. The van der Waals surface area contributed by atoms with Crippen LogP contribution in [0.5, 0.6) is 5.75 Å². The van der Waals surface area contributed by atoms with Gasteiger partial charge < -0.3 is 4.65 Å². The van der Waals surface area contributed by atoms with Crippen LogP contribution in [0.15, 0.2) is 12.1 Å². The van der Waals surface area contributed by atoms with Gasteiger partial charge in [0, 0.05) is 0 Å². The van der Waals surface area contributed by atoms with Gasteiger partial charge in [0.05, 0.1) is 0 Å². The second-order valence-corrected chi connectivity index (χ2v) is 5.74. The first-order valence-electron chi connectivity index (χ1n) is 6.74. The van der Waals surface area contributed by atoms with Gasteiger partial charge in [-0.05, 0) is 60.1 Å². The molecular weight excluding hydrogens is 207 g/mol. The van der Waals surface area contributed by atoms with Gasteiger partial charge in [0.2, 0.25) is 0 Å². The molecule has 2 heteroatoms. The summed E-state index contributed by atoms with van der Waals surface area (Å²) in [6, 6.07) is 4.53. The lowest BCUT2D eigenvalue weighted by atomic mass is 9.90. The zero-order valence-electron chi connectivity index (χ0n) is 10.7. The van der Waals surface area contributed by atoms with Crippen molar-refractivity contribution in [1.29, 1.82) is 0 Å². The van der Waals surface area contributed by atoms with E-state index in [1.807, 2.05) is 0 Å². The average molecular weight is 226 g/mol. The molecule has 0 amide bonds. The topological polar surface area (TPSA) is 9.23 Å². The van der Waals surface area contributed by atoms with Crippen LogP contribution in [0.4, 0.5) is 0 Å². The van der Waals surface area contributed by atoms with Crippen LogP contribution in [0, 0.1) is 5.92 Å². The Morgan fingerprint density at radius 1 is 1.29 bits per heavy atom. The van der Waals surface area contributed by atoms with Crippen molar-refractivity contribution in [2.75, 3.05) is 0 Å². The van der Waals surface area contributed by atoms with Crippen LogP contribution in [-0.2, 0) is 6.42 Å². The van der Waals surface area contributed by atoms with Gasteiger partial charge in [-0.3, -0.25) is 0 Å². The molecule has 0 aliphatic heterocycles.